The summed E-state index contributed by atoms with van der Waals surface area (Å²) < 4.78 is 0. The molecule has 0 aromatic carbocycles. The summed E-state index contributed by atoms with van der Waals surface area (Å²) in [6.07, 6.45) is 7.16. The third kappa shape index (κ3) is 4.20. The van der Waals surface area contributed by atoms with Crippen LogP contribution in [-0.2, 0) is 0 Å². The van der Waals surface area contributed by atoms with Crippen LogP contribution in [0.3, 0.4) is 0 Å². The molecule has 1 aromatic rings. The molecule has 0 bridgehead atoms. The van der Waals surface area contributed by atoms with Crippen LogP contribution >= 0.6 is 11.3 Å². The Balaban J connectivity index is 2.07. The van der Waals surface area contributed by atoms with Crippen molar-refractivity contribution in [1.29, 1.82) is 0 Å². The predicted octanol–water partition coefficient (Wildman–Crippen LogP) is 3.37. The third-order valence-corrected chi connectivity index (χ3v) is 3.26. The first-order chi connectivity index (χ1) is 6.84. The summed E-state index contributed by atoms with van der Waals surface area (Å²) in [6, 6.07) is 0.414. The highest BCUT2D eigenvalue weighted by atomic mass is 32.1. The van der Waals surface area contributed by atoms with Gasteiger partial charge in [0.1, 0.15) is 5.01 Å². The maximum absolute atomic E-state index is 4.29. The molecule has 0 saturated heterocycles. The zero-order valence-electron chi connectivity index (χ0n) is 9.12. The average molecular weight is 212 g/mol. The van der Waals surface area contributed by atoms with E-state index in [1.807, 2.05) is 11.6 Å². The number of unbranched alkanes of at least 4 members (excludes halogenated alkanes) is 3. The molecule has 0 amide bonds. The van der Waals surface area contributed by atoms with Crippen molar-refractivity contribution in [3.8, 4) is 0 Å². The van der Waals surface area contributed by atoms with E-state index in [0.29, 0.717) is 6.04 Å². The minimum Gasteiger partial charge on any atom is -0.308 e. The van der Waals surface area contributed by atoms with Crippen molar-refractivity contribution >= 4 is 11.3 Å². The second kappa shape index (κ2) is 6.96. The van der Waals surface area contributed by atoms with Crippen LogP contribution in [-0.4, -0.2) is 11.5 Å². The smallest absolute Gasteiger partial charge is 0.109 e. The number of nitrogens with zero attached hydrogens (tertiary/aromatic N) is 1. The monoisotopic (exact) mass is 212 g/mol. The van der Waals surface area contributed by atoms with Crippen LogP contribution in [0, 0.1) is 0 Å². The Morgan fingerprint density at radius 2 is 2.29 bits per heavy atom. The summed E-state index contributed by atoms with van der Waals surface area (Å²) in [5, 5.41) is 6.72. The number of hydrogen-bond acceptors (Lipinski definition) is 3. The standard InChI is InChI=1S/C11H20N2S/c1-3-4-5-6-7-12-10(2)11-13-8-9-14-11/h8-10,12H,3-7H2,1-2H3. The van der Waals surface area contributed by atoms with Gasteiger partial charge in [-0.3, -0.25) is 0 Å². The SMILES string of the molecule is CCCCCCNC(C)c1nccs1. The number of hydrogen-bond donors (Lipinski definition) is 1. The molecule has 1 rings (SSSR count). The lowest BCUT2D eigenvalue weighted by molar-refractivity contribution is 0.535. The molecule has 1 N–H and O–H groups in total. The molecule has 80 valence electrons. The van der Waals surface area contributed by atoms with Crippen LogP contribution in [0.25, 0.3) is 0 Å². The molecule has 0 fully saturated rings. The summed E-state index contributed by atoms with van der Waals surface area (Å²) in [5.74, 6) is 0. The number of aromatic nitrogens is 1. The van der Waals surface area contributed by atoms with E-state index in [1.165, 1.54) is 30.7 Å². The molecule has 1 unspecified atom stereocenters. The van der Waals surface area contributed by atoms with E-state index in [1.54, 1.807) is 11.3 Å². The molecule has 0 aliphatic carbocycles. The van der Waals surface area contributed by atoms with Gasteiger partial charge in [-0.1, -0.05) is 26.2 Å². The van der Waals surface area contributed by atoms with Crippen LogP contribution in [0.4, 0.5) is 0 Å². The Bertz CT molecular complexity index is 221. The van der Waals surface area contributed by atoms with Crippen molar-refractivity contribution in [3.63, 3.8) is 0 Å². The van der Waals surface area contributed by atoms with Crippen LogP contribution in [0.1, 0.15) is 50.6 Å². The first kappa shape index (κ1) is 11.7. The summed E-state index contributed by atoms with van der Waals surface area (Å²) in [6.45, 7) is 5.53. The van der Waals surface area contributed by atoms with Crippen LogP contribution in [0.15, 0.2) is 11.6 Å². The Morgan fingerprint density at radius 3 is 2.93 bits per heavy atom. The normalized spacial score (nSPS) is 13.0. The number of thiazole rings is 1. The molecule has 0 aliphatic rings. The minimum atomic E-state index is 0.414. The summed E-state index contributed by atoms with van der Waals surface area (Å²) in [7, 11) is 0. The van der Waals surface area contributed by atoms with Gasteiger partial charge in [-0.25, -0.2) is 4.98 Å². The Morgan fingerprint density at radius 1 is 1.43 bits per heavy atom. The average Bonchev–Trinajstić information content (AvgIpc) is 2.70. The highest BCUT2D eigenvalue weighted by Gasteiger charge is 2.05. The van der Waals surface area contributed by atoms with Crippen molar-refractivity contribution in [3.05, 3.63) is 16.6 Å². The number of nitrogens with one attached hydrogen (secondary N) is 1. The van der Waals surface area contributed by atoms with Crippen LogP contribution in [0.2, 0.25) is 0 Å². The van der Waals surface area contributed by atoms with Gasteiger partial charge >= 0.3 is 0 Å². The molecular formula is C11H20N2S. The van der Waals surface area contributed by atoms with Crippen molar-refractivity contribution in [2.75, 3.05) is 6.54 Å². The van der Waals surface area contributed by atoms with Gasteiger partial charge in [0.2, 0.25) is 0 Å². The molecule has 0 spiro atoms. The van der Waals surface area contributed by atoms with Crippen molar-refractivity contribution < 1.29 is 0 Å². The largest absolute Gasteiger partial charge is 0.308 e. The topological polar surface area (TPSA) is 24.9 Å². The maximum Gasteiger partial charge on any atom is 0.109 e. The molecule has 0 saturated carbocycles. The molecule has 1 aromatic heterocycles. The van der Waals surface area contributed by atoms with E-state index in [2.05, 4.69) is 24.1 Å². The first-order valence-electron chi connectivity index (χ1n) is 5.47. The lowest BCUT2D eigenvalue weighted by Crippen LogP contribution is -2.19. The van der Waals surface area contributed by atoms with Gasteiger partial charge in [0.25, 0.3) is 0 Å². The van der Waals surface area contributed by atoms with Gasteiger partial charge < -0.3 is 5.32 Å². The van der Waals surface area contributed by atoms with Crippen LogP contribution in [0.5, 0.6) is 0 Å². The van der Waals surface area contributed by atoms with E-state index < -0.39 is 0 Å². The molecule has 3 heteroatoms. The van der Waals surface area contributed by atoms with E-state index in [9.17, 15) is 0 Å². The predicted molar refractivity (Wildman–Crippen MR) is 62.7 cm³/mol. The molecule has 0 aliphatic heterocycles. The van der Waals surface area contributed by atoms with Gasteiger partial charge in [0, 0.05) is 11.6 Å². The van der Waals surface area contributed by atoms with E-state index in [4.69, 9.17) is 0 Å². The lowest BCUT2D eigenvalue weighted by Gasteiger charge is -2.10. The molecule has 2 nitrogen and oxygen atoms in total. The van der Waals surface area contributed by atoms with E-state index >= 15 is 0 Å². The first-order valence-corrected chi connectivity index (χ1v) is 6.35. The van der Waals surface area contributed by atoms with E-state index in [0.717, 1.165) is 6.54 Å². The Labute approximate surface area is 90.8 Å². The van der Waals surface area contributed by atoms with Gasteiger partial charge in [0.15, 0.2) is 0 Å². The van der Waals surface area contributed by atoms with Gasteiger partial charge in [0.05, 0.1) is 6.04 Å². The second-order valence-electron chi connectivity index (χ2n) is 3.61. The lowest BCUT2D eigenvalue weighted by atomic mass is 10.2. The minimum absolute atomic E-state index is 0.414. The highest BCUT2D eigenvalue weighted by Crippen LogP contribution is 2.14. The van der Waals surface area contributed by atoms with Crippen molar-refractivity contribution in [1.82, 2.24) is 10.3 Å². The third-order valence-electron chi connectivity index (χ3n) is 2.30. The second-order valence-corrected chi connectivity index (χ2v) is 4.53. The molecule has 1 heterocycles. The summed E-state index contributed by atoms with van der Waals surface area (Å²) in [5.41, 5.74) is 0. The zero-order valence-corrected chi connectivity index (χ0v) is 9.94. The highest BCUT2D eigenvalue weighted by molar-refractivity contribution is 7.09. The molecular weight excluding hydrogens is 192 g/mol. The summed E-state index contributed by atoms with van der Waals surface area (Å²) in [4.78, 5) is 4.29. The zero-order chi connectivity index (χ0) is 10.2. The fraction of sp³-hybridized carbons (Fsp3) is 0.727. The Hall–Kier alpha value is -0.410. The molecule has 0 radical (unpaired) electrons. The van der Waals surface area contributed by atoms with Gasteiger partial charge in [-0.05, 0) is 19.9 Å². The van der Waals surface area contributed by atoms with Gasteiger partial charge in [-0.2, -0.15) is 0 Å². The quantitative estimate of drug-likeness (QED) is 0.701. The number of rotatable bonds is 7. The van der Waals surface area contributed by atoms with Gasteiger partial charge in [-0.15, -0.1) is 11.3 Å². The fourth-order valence-electron chi connectivity index (χ4n) is 1.41. The molecule has 1 atom stereocenters. The molecule has 14 heavy (non-hydrogen) atoms. The van der Waals surface area contributed by atoms with Crippen molar-refractivity contribution in [2.24, 2.45) is 0 Å². The van der Waals surface area contributed by atoms with E-state index in [-0.39, 0.29) is 0 Å². The van der Waals surface area contributed by atoms with Crippen LogP contribution < -0.4 is 5.32 Å². The maximum atomic E-state index is 4.29. The fourth-order valence-corrected chi connectivity index (χ4v) is 2.08. The van der Waals surface area contributed by atoms with Crippen molar-refractivity contribution in [2.45, 2.75) is 45.6 Å². The Kier molecular flexibility index (Phi) is 5.80. The summed E-state index contributed by atoms with van der Waals surface area (Å²) >= 11 is 1.73.